The van der Waals surface area contributed by atoms with E-state index in [0.29, 0.717) is 5.56 Å². The van der Waals surface area contributed by atoms with Gasteiger partial charge in [0, 0.05) is 5.56 Å². The van der Waals surface area contributed by atoms with E-state index >= 15 is 0 Å². The average molecular weight is 723 g/mol. The molecule has 0 radical (unpaired) electrons. The van der Waals surface area contributed by atoms with E-state index in [2.05, 4.69) is 163 Å². The maximum Gasteiger partial charge on any atom is 0.131 e. The van der Waals surface area contributed by atoms with Crippen molar-refractivity contribution in [2.45, 2.75) is 80.1 Å². The van der Waals surface area contributed by atoms with Gasteiger partial charge in [0.25, 0.3) is 0 Å². The highest BCUT2D eigenvalue weighted by molar-refractivity contribution is 5.77. The maximum absolute atomic E-state index is 14.9. The number of hydrogen-bond donors (Lipinski definition) is 0. The molecule has 0 spiro atoms. The Kier molecular flexibility index (Phi) is 13.3. The van der Waals surface area contributed by atoms with Gasteiger partial charge >= 0.3 is 0 Å². The lowest BCUT2D eigenvalue weighted by molar-refractivity contribution is 0.632. The molecule has 0 saturated heterocycles. The summed E-state index contributed by atoms with van der Waals surface area (Å²) in [5.74, 6) is -0.192. The minimum atomic E-state index is -0.192. The predicted molar refractivity (Wildman–Crippen MR) is 236 cm³/mol. The zero-order valence-corrected chi connectivity index (χ0v) is 33.6. The first-order chi connectivity index (χ1) is 26.9. The largest absolute Gasteiger partial charge is 0.206 e. The van der Waals surface area contributed by atoms with Gasteiger partial charge in [0.15, 0.2) is 0 Å². The minimum Gasteiger partial charge on any atom is -0.206 e. The Morgan fingerprint density at radius 1 is 0.273 bits per heavy atom. The zero-order chi connectivity index (χ0) is 38.7. The topological polar surface area (TPSA) is 0 Å². The lowest BCUT2D eigenvalue weighted by atomic mass is 9.88. The van der Waals surface area contributed by atoms with Crippen LogP contribution in [0.3, 0.4) is 0 Å². The fourth-order valence-electron chi connectivity index (χ4n) is 7.29. The molecular weight excluding hydrogens is 668 g/mol. The Morgan fingerprint density at radius 3 is 0.873 bits per heavy atom. The molecular formula is C54H55F. The second-order valence-electron chi connectivity index (χ2n) is 14.3. The van der Waals surface area contributed by atoms with E-state index in [1.54, 1.807) is 6.07 Å². The molecule has 1 heteroatoms. The van der Waals surface area contributed by atoms with Crippen LogP contribution in [0.1, 0.15) is 74.9 Å². The van der Waals surface area contributed by atoms with E-state index in [1.165, 1.54) is 61.2 Å². The molecule has 0 aliphatic heterocycles. The van der Waals surface area contributed by atoms with Gasteiger partial charge in [0.1, 0.15) is 5.82 Å². The van der Waals surface area contributed by atoms with Crippen molar-refractivity contribution in [3.05, 3.63) is 191 Å². The lowest BCUT2D eigenvalue weighted by Gasteiger charge is -2.16. The van der Waals surface area contributed by atoms with Gasteiger partial charge < -0.3 is 0 Å². The van der Waals surface area contributed by atoms with Crippen LogP contribution in [0.25, 0.3) is 55.6 Å². The quantitative estimate of drug-likeness (QED) is 0.125. The molecule has 0 fully saturated rings. The predicted octanol–water partition coefficient (Wildman–Crippen LogP) is 15.2. The Balaban J connectivity index is 0.000000188. The molecule has 0 aliphatic carbocycles. The minimum absolute atomic E-state index is 0.192. The number of aryl methyl sites for hydroxylation is 6. The van der Waals surface area contributed by atoms with Crippen LogP contribution < -0.4 is 0 Å². The smallest absolute Gasteiger partial charge is 0.131 e. The van der Waals surface area contributed by atoms with Gasteiger partial charge in [0.2, 0.25) is 0 Å². The molecule has 55 heavy (non-hydrogen) atoms. The third kappa shape index (κ3) is 9.41. The summed E-state index contributed by atoms with van der Waals surface area (Å²) >= 11 is 0. The van der Waals surface area contributed by atoms with Crippen LogP contribution in [0.2, 0.25) is 0 Å². The summed E-state index contributed by atoms with van der Waals surface area (Å²) in [6.07, 6.45) is 6.33. The van der Waals surface area contributed by atoms with Crippen LogP contribution in [0.4, 0.5) is 4.39 Å². The number of hydrogen-bond acceptors (Lipinski definition) is 0. The fourth-order valence-corrected chi connectivity index (χ4v) is 7.29. The molecule has 0 aliphatic rings. The molecule has 0 saturated carbocycles. The van der Waals surface area contributed by atoms with Gasteiger partial charge in [-0.3, -0.25) is 0 Å². The summed E-state index contributed by atoms with van der Waals surface area (Å²) in [6, 6.07) is 53.6. The van der Waals surface area contributed by atoms with Crippen molar-refractivity contribution >= 4 is 0 Å². The van der Waals surface area contributed by atoms with Crippen LogP contribution in [0.5, 0.6) is 0 Å². The monoisotopic (exact) mass is 722 g/mol. The lowest BCUT2D eigenvalue weighted by Crippen LogP contribution is -1.96. The molecule has 0 bridgehead atoms. The van der Waals surface area contributed by atoms with Crippen molar-refractivity contribution in [1.29, 1.82) is 0 Å². The molecule has 0 heterocycles. The molecule has 7 rings (SSSR count). The summed E-state index contributed by atoms with van der Waals surface area (Å²) in [4.78, 5) is 0. The normalized spacial score (nSPS) is 10.9. The van der Waals surface area contributed by atoms with E-state index in [9.17, 15) is 4.39 Å². The second-order valence-corrected chi connectivity index (χ2v) is 14.3. The summed E-state index contributed by atoms with van der Waals surface area (Å²) in [5, 5.41) is 0. The summed E-state index contributed by atoms with van der Waals surface area (Å²) in [7, 11) is 0. The molecule has 7 aromatic carbocycles. The van der Waals surface area contributed by atoms with Crippen LogP contribution in [0.15, 0.2) is 152 Å². The number of halogens is 1. The van der Waals surface area contributed by atoms with Gasteiger partial charge in [-0.2, -0.15) is 0 Å². The number of benzene rings is 7. The highest BCUT2D eigenvalue weighted by Crippen LogP contribution is 2.34. The van der Waals surface area contributed by atoms with E-state index < -0.39 is 0 Å². The summed E-state index contributed by atoms with van der Waals surface area (Å²) in [6.45, 7) is 13.2. The average Bonchev–Trinajstić information content (AvgIpc) is 3.26. The molecule has 0 unspecified atom stereocenters. The van der Waals surface area contributed by atoms with Crippen molar-refractivity contribution in [3.63, 3.8) is 0 Å². The highest BCUT2D eigenvalue weighted by atomic mass is 19.1. The standard InChI is InChI=1S/C28H25F.C26H30/c1-3-20-5-9-22(10-6-20)23-13-15-25(16-14-23)27-18-17-26(19-28(27)29)24-11-7-21(4-2)8-12-24;1-5-19-9-13-23(14-10-19)25-17-22(8-4)26(18-21(25)7-3)24-15-11-20(6-2)12-16-24/h5-19H,3-4H2,1-2H3;9-18H,5-8H2,1-4H3. The van der Waals surface area contributed by atoms with Crippen molar-refractivity contribution in [1.82, 2.24) is 0 Å². The zero-order valence-electron chi connectivity index (χ0n) is 33.6. The molecule has 0 N–H and O–H groups in total. The van der Waals surface area contributed by atoms with Gasteiger partial charge in [-0.05, 0) is 128 Å². The highest BCUT2D eigenvalue weighted by Gasteiger charge is 2.12. The Morgan fingerprint density at radius 2 is 0.545 bits per heavy atom. The van der Waals surface area contributed by atoms with E-state index in [0.717, 1.165) is 60.8 Å². The summed E-state index contributed by atoms with van der Waals surface area (Å²) < 4.78 is 14.9. The molecule has 7 aromatic rings. The van der Waals surface area contributed by atoms with E-state index in [1.807, 2.05) is 24.3 Å². The molecule has 278 valence electrons. The molecule has 0 nitrogen and oxygen atoms in total. The van der Waals surface area contributed by atoms with Crippen LogP contribution in [-0.2, 0) is 38.5 Å². The molecule has 0 aromatic heterocycles. The second kappa shape index (κ2) is 18.7. The third-order valence-electron chi connectivity index (χ3n) is 11.0. The van der Waals surface area contributed by atoms with Crippen LogP contribution in [0, 0.1) is 5.82 Å². The SMILES string of the molecule is CCc1ccc(-c2cc(CC)c(-c3ccc(CC)cc3)cc2CC)cc1.CCc1ccc(-c2ccc(-c3ccc(-c4ccc(CC)cc4)cc3F)cc2)cc1. The van der Waals surface area contributed by atoms with Gasteiger partial charge in [0.05, 0.1) is 0 Å². The fraction of sp³-hybridized carbons (Fsp3) is 0.222. The van der Waals surface area contributed by atoms with Crippen LogP contribution in [-0.4, -0.2) is 0 Å². The van der Waals surface area contributed by atoms with Crippen molar-refractivity contribution in [3.8, 4) is 55.6 Å². The Hall–Kier alpha value is -5.53. The van der Waals surface area contributed by atoms with E-state index in [4.69, 9.17) is 0 Å². The first kappa shape index (κ1) is 39.2. The van der Waals surface area contributed by atoms with E-state index in [-0.39, 0.29) is 5.82 Å². The third-order valence-corrected chi connectivity index (χ3v) is 11.0. The Labute approximate surface area is 329 Å². The molecule has 0 atom stereocenters. The van der Waals surface area contributed by atoms with Crippen LogP contribution >= 0.6 is 0 Å². The van der Waals surface area contributed by atoms with Gasteiger partial charge in [-0.25, -0.2) is 4.39 Å². The van der Waals surface area contributed by atoms with Gasteiger partial charge in [-0.1, -0.05) is 187 Å². The molecule has 0 amide bonds. The maximum atomic E-state index is 14.9. The Bertz CT molecular complexity index is 2200. The summed E-state index contributed by atoms with van der Waals surface area (Å²) in [5.41, 5.74) is 19.5. The van der Waals surface area contributed by atoms with Crippen molar-refractivity contribution in [2.24, 2.45) is 0 Å². The first-order valence-electron chi connectivity index (χ1n) is 20.3. The van der Waals surface area contributed by atoms with Crippen molar-refractivity contribution < 1.29 is 4.39 Å². The first-order valence-corrected chi connectivity index (χ1v) is 20.3. The van der Waals surface area contributed by atoms with Gasteiger partial charge in [-0.15, -0.1) is 0 Å². The van der Waals surface area contributed by atoms with Crippen molar-refractivity contribution in [2.75, 3.05) is 0 Å². The number of rotatable bonds is 11.